The molecular weight excluding hydrogens is 284 g/mol. The predicted molar refractivity (Wildman–Crippen MR) is 84.7 cm³/mol. The number of thiophene rings is 1. The largest absolute Gasteiger partial charge is 0.471 e. The normalized spacial score (nSPS) is 12.0. The van der Waals surface area contributed by atoms with Crippen LogP contribution in [0.4, 0.5) is 0 Å². The molecule has 0 bridgehead atoms. The Bertz CT molecular complexity index is 798. The molecule has 0 aliphatic rings. The number of hydrogen-bond acceptors (Lipinski definition) is 5. The summed E-state index contributed by atoms with van der Waals surface area (Å²) in [7, 11) is 1.90. The molecule has 0 spiro atoms. The Balaban J connectivity index is 2.18. The minimum atomic E-state index is -0.301. The summed E-state index contributed by atoms with van der Waals surface area (Å²) in [5.74, 6) is 1.28. The lowest BCUT2D eigenvalue weighted by Crippen LogP contribution is -2.23. The maximum Gasteiger partial charge on any atom is 0.236 e. The fourth-order valence-electron chi connectivity index (χ4n) is 2.13. The third kappa shape index (κ3) is 2.76. The van der Waals surface area contributed by atoms with E-state index in [2.05, 4.69) is 15.1 Å². The van der Waals surface area contributed by atoms with Crippen molar-refractivity contribution in [2.24, 2.45) is 7.05 Å². The van der Waals surface area contributed by atoms with Gasteiger partial charge in [0, 0.05) is 7.05 Å². The first-order valence-electron chi connectivity index (χ1n) is 6.79. The van der Waals surface area contributed by atoms with Gasteiger partial charge in [0.15, 0.2) is 5.82 Å². The first-order chi connectivity index (χ1) is 9.83. The summed E-state index contributed by atoms with van der Waals surface area (Å²) in [6.07, 6.45) is 0. The Morgan fingerprint density at radius 1 is 1.24 bits per heavy atom. The number of rotatable bonds is 2. The second-order valence-corrected chi connectivity index (χ2v) is 6.91. The van der Waals surface area contributed by atoms with Crippen LogP contribution in [0.25, 0.3) is 21.7 Å². The molecule has 5 nitrogen and oxygen atoms in total. The van der Waals surface area contributed by atoms with Crippen molar-refractivity contribution < 1.29 is 4.74 Å². The zero-order valence-electron chi connectivity index (χ0n) is 12.8. The van der Waals surface area contributed by atoms with E-state index >= 15 is 0 Å². The second-order valence-electron chi connectivity index (χ2n) is 6.00. The maximum absolute atomic E-state index is 6.01. The Morgan fingerprint density at radius 2 is 2.00 bits per heavy atom. The molecule has 21 heavy (non-hydrogen) atoms. The fourth-order valence-corrected chi connectivity index (χ4v) is 2.89. The van der Waals surface area contributed by atoms with Gasteiger partial charge in [0.05, 0.1) is 11.2 Å². The van der Waals surface area contributed by atoms with Gasteiger partial charge in [-0.3, -0.25) is 4.68 Å². The molecule has 3 heterocycles. The van der Waals surface area contributed by atoms with Crippen LogP contribution in [-0.4, -0.2) is 25.3 Å². The van der Waals surface area contributed by atoms with Crippen LogP contribution >= 0.6 is 11.3 Å². The van der Waals surface area contributed by atoms with Crippen LogP contribution in [0.3, 0.4) is 0 Å². The average molecular weight is 302 g/mol. The molecule has 0 saturated carbocycles. The molecule has 3 rings (SSSR count). The Hall–Kier alpha value is -1.95. The Morgan fingerprint density at radius 3 is 2.62 bits per heavy atom. The zero-order valence-corrected chi connectivity index (χ0v) is 13.7. The van der Waals surface area contributed by atoms with Crippen molar-refractivity contribution in [3.63, 3.8) is 0 Å². The highest BCUT2D eigenvalue weighted by molar-refractivity contribution is 7.17. The van der Waals surface area contributed by atoms with Crippen molar-refractivity contribution in [1.29, 1.82) is 0 Å². The molecule has 0 saturated heterocycles. The molecule has 110 valence electrons. The Kier molecular flexibility index (Phi) is 3.20. The van der Waals surface area contributed by atoms with Crippen LogP contribution < -0.4 is 4.74 Å². The minimum Gasteiger partial charge on any atom is -0.471 e. The first-order valence-corrected chi connectivity index (χ1v) is 7.67. The number of ether oxygens (including phenoxy) is 1. The standard InChI is InChI=1S/C15H18N4OS/c1-9-8-11(19(5)18-9)13-16-10-6-7-21-12(10)14(17-13)20-15(2,3)4/h6-8H,1-5H3. The van der Waals surface area contributed by atoms with Gasteiger partial charge in [0.2, 0.25) is 5.88 Å². The molecule has 0 N–H and O–H groups in total. The number of aromatic nitrogens is 4. The Labute approximate surface area is 127 Å². The highest BCUT2D eigenvalue weighted by Gasteiger charge is 2.19. The van der Waals surface area contributed by atoms with Crippen LogP contribution in [0.2, 0.25) is 0 Å². The molecule has 0 fully saturated rings. The summed E-state index contributed by atoms with van der Waals surface area (Å²) in [5.41, 5.74) is 2.44. The van der Waals surface area contributed by atoms with Gasteiger partial charge in [-0.1, -0.05) is 0 Å². The first kappa shape index (κ1) is 14.0. The van der Waals surface area contributed by atoms with Crippen molar-refractivity contribution in [2.75, 3.05) is 0 Å². The van der Waals surface area contributed by atoms with Crippen LogP contribution in [0, 0.1) is 6.92 Å². The van der Waals surface area contributed by atoms with E-state index in [0.717, 1.165) is 21.6 Å². The molecule has 0 atom stereocenters. The lowest BCUT2D eigenvalue weighted by molar-refractivity contribution is 0.127. The summed E-state index contributed by atoms with van der Waals surface area (Å²) < 4.78 is 8.79. The number of aryl methyl sites for hydroxylation is 2. The summed E-state index contributed by atoms with van der Waals surface area (Å²) >= 11 is 1.60. The molecule has 6 heteroatoms. The summed E-state index contributed by atoms with van der Waals surface area (Å²) in [4.78, 5) is 9.25. The van der Waals surface area contributed by atoms with Gasteiger partial charge < -0.3 is 4.74 Å². The van der Waals surface area contributed by atoms with E-state index in [1.165, 1.54) is 0 Å². The van der Waals surface area contributed by atoms with Crippen LogP contribution in [0.15, 0.2) is 17.5 Å². The molecule has 0 radical (unpaired) electrons. The molecule has 0 aliphatic carbocycles. The topological polar surface area (TPSA) is 52.8 Å². The molecule has 0 aliphatic heterocycles. The molecule has 0 unspecified atom stereocenters. The second kappa shape index (κ2) is 4.80. The SMILES string of the molecule is Cc1cc(-c2nc(OC(C)(C)C)c3sccc3n2)n(C)n1. The third-order valence-corrected chi connectivity index (χ3v) is 3.80. The minimum absolute atomic E-state index is 0.301. The number of hydrogen-bond donors (Lipinski definition) is 0. The van der Waals surface area contributed by atoms with Gasteiger partial charge in [-0.05, 0) is 45.2 Å². The van der Waals surface area contributed by atoms with Crippen LogP contribution in [0.1, 0.15) is 26.5 Å². The van der Waals surface area contributed by atoms with E-state index in [0.29, 0.717) is 11.7 Å². The van der Waals surface area contributed by atoms with Crippen molar-refractivity contribution in [2.45, 2.75) is 33.3 Å². The van der Waals surface area contributed by atoms with E-state index in [1.807, 2.05) is 52.3 Å². The van der Waals surface area contributed by atoms with Gasteiger partial charge >= 0.3 is 0 Å². The van der Waals surface area contributed by atoms with Crippen molar-refractivity contribution in [3.8, 4) is 17.4 Å². The summed E-state index contributed by atoms with van der Waals surface area (Å²) in [6, 6.07) is 3.97. The van der Waals surface area contributed by atoms with Gasteiger partial charge in [-0.15, -0.1) is 11.3 Å². The number of fused-ring (bicyclic) bond motifs is 1. The molecule has 3 aromatic heterocycles. The third-order valence-electron chi connectivity index (χ3n) is 2.91. The molecule has 0 aromatic carbocycles. The average Bonchev–Trinajstić information content (AvgIpc) is 2.93. The smallest absolute Gasteiger partial charge is 0.236 e. The van der Waals surface area contributed by atoms with Gasteiger partial charge in [-0.2, -0.15) is 10.1 Å². The fraction of sp³-hybridized carbons (Fsp3) is 0.400. The molecule has 3 aromatic rings. The van der Waals surface area contributed by atoms with E-state index < -0.39 is 0 Å². The summed E-state index contributed by atoms with van der Waals surface area (Å²) in [6.45, 7) is 8.01. The highest BCUT2D eigenvalue weighted by atomic mass is 32.1. The van der Waals surface area contributed by atoms with E-state index in [-0.39, 0.29) is 5.60 Å². The predicted octanol–water partition coefficient (Wildman–Crippen LogP) is 3.58. The van der Waals surface area contributed by atoms with E-state index in [4.69, 9.17) is 4.74 Å². The van der Waals surface area contributed by atoms with Crippen molar-refractivity contribution in [3.05, 3.63) is 23.2 Å². The summed E-state index contributed by atoms with van der Waals surface area (Å²) in [5, 5.41) is 6.36. The number of nitrogens with zero attached hydrogens (tertiary/aromatic N) is 4. The maximum atomic E-state index is 6.01. The van der Waals surface area contributed by atoms with Crippen molar-refractivity contribution in [1.82, 2.24) is 19.7 Å². The van der Waals surface area contributed by atoms with E-state index in [1.54, 1.807) is 16.0 Å². The quantitative estimate of drug-likeness (QED) is 0.726. The lowest BCUT2D eigenvalue weighted by atomic mass is 10.2. The van der Waals surface area contributed by atoms with Crippen LogP contribution in [0.5, 0.6) is 5.88 Å². The van der Waals surface area contributed by atoms with Gasteiger partial charge in [0.1, 0.15) is 16.0 Å². The molecular formula is C15H18N4OS. The lowest BCUT2D eigenvalue weighted by Gasteiger charge is -2.20. The van der Waals surface area contributed by atoms with Crippen molar-refractivity contribution >= 4 is 21.6 Å². The highest BCUT2D eigenvalue weighted by Crippen LogP contribution is 2.32. The van der Waals surface area contributed by atoms with E-state index in [9.17, 15) is 0 Å². The monoisotopic (exact) mass is 302 g/mol. The van der Waals surface area contributed by atoms with Gasteiger partial charge in [-0.25, -0.2) is 4.98 Å². The van der Waals surface area contributed by atoms with Gasteiger partial charge in [0.25, 0.3) is 0 Å². The van der Waals surface area contributed by atoms with Crippen LogP contribution in [-0.2, 0) is 7.05 Å². The zero-order chi connectivity index (χ0) is 15.2. The molecule has 0 amide bonds.